The number of hydrogen-bond donors (Lipinski definition) is 2. The Labute approximate surface area is 95.9 Å². The van der Waals surface area contributed by atoms with Crippen LogP contribution in [0.3, 0.4) is 0 Å². The number of thioether (sulfide) groups is 1. The third-order valence-electron chi connectivity index (χ3n) is 2.15. The Kier molecular flexibility index (Phi) is 4.88. The van der Waals surface area contributed by atoms with E-state index in [1.807, 2.05) is 0 Å². The van der Waals surface area contributed by atoms with Crippen molar-refractivity contribution in [1.29, 1.82) is 0 Å². The Morgan fingerprint density at radius 2 is 1.93 bits per heavy atom. The Hall–Kier alpha value is -0.770. The van der Waals surface area contributed by atoms with Gasteiger partial charge in [-0.3, -0.25) is 5.84 Å². The molecule has 1 unspecified atom stereocenters. The minimum absolute atomic E-state index is 0.103. The van der Waals surface area contributed by atoms with Crippen molar-refractivity contribution in [2.24, 2.45) is 5.84 Å². The first-order valence-corrected chi connectivity index (χ1v) is 6.15. The zero-order valence-corrected chi connectivity index (χ0v) is 10.3. The van der Waals surface area contributed by atoms with Crippen molar-refractivity contribution in [3.8, 4) is 0 Å². The second-order valence-electron chi connectivity index (χ2n) is 3.66. The van der Waals surface area contributed by atoms with E-state index in [9.17, 15) is 0 Å². The maximum absolute atomic E-state index is 5.52. The van der Waals surface area contributed by atoms with E-state index in [2.05, 4.69) is 55.9 Å². The fourth-order valence-electron chi connectivity index (χ4n) is 1.39. The van der Waals surface area contributed by atoms with Gasteiger partial charge in [-0.15, -0.1) is 11.8 Å². The van der Waals surface area contributed by atoms with Crippen LogP contribution in [0.5, 0.6) is 0 Å². The van der Waals surface area contributed by atoms with Crippen molar-refractivity contribution in [2.75, 3.05) is 6.26 Å². The Balaban J connectivity index is 2.88. The standard InChI is InChI=1S/C12H18N2S/c1-9(2)8-12(14-13)10-4-6-11(15-3)7-5-10/h4-8,12,14H,13H2,1-3H3. The molecule has 82 valence electrons. The maximum atomic E-state index is 5.52. The molecule has 0 aliphatic heterocycles. The summed E-state index contributed by atoms with van der Waals surface area (Å²) in [5.74, 6) is 5.52. The molecule has 0 aliphatic rings. The molecule has 0 aliphatic carbocycles. The molecule has 1 rings (SSSR count). The van der Waals surface area contributed by atoms with Crippen LogP contribution in [0.1, 0.15) is 25.5 Å². The lowest BCUT2D eigenvalue weighted by atomic mass is 10.1. The van der Waals surface area contributed by atoms with Crippen molar-refractivity contribution < 1.29 is 0 Å². The van der Waals surface area contributed by atoms with Gasteiger partial charge in [0.25, 0.3) is 0 Å². The minimum Gasteiger partial charge on any atom is -0.271 e. The van der Waals surface area contributed by atoms with Crippen LogP contribution in [0.4, 0.5) is 0 Å². The first kappa shape index (κ1) is 12.3. The zero-order chi connectivity index (χ0) is 11.3. The lowest BCUT2D eigenvalue weighted by molar-refractivity contribution is 0.651. The van der Waals surface area contributed by atoms with Gasteiger partial charge in [0.2, 0.25) is 0 Å². The van der Waals surface area contributed by atoms with Gasteiger partial charge in [0, 0.05) is 4.90 Å². The quantitative estimate of drug-likeness (QED) is 0.356. The highest BCUT2D eigenvalue weighted by Crippen LogP contribution is 2.20. The van der Waals surface area contributed by atoms with E-state index in [1.165, 1.54) is 16.0 Å². The average Bonchev–Trinajstić information content (AvgIpc) is 2.26. The normalized spacial score (nSPS) is 12.3. The topological polar surface area (TPSA) is 38.0 Å². The summed E-state index contributed by atoms with van der Waals surface area (Å²) in [7, 11) is 0. The summed E-state index contributed by atoms with van der Waals surface area (Å²) >= 11 is 1.74. The summed E-state index contributed by atoms with van der Waals surface area (Å²) in [6.45, 7) is 4.14. The first-order chi connectivity index (χ1) is 7.17. The molecule has 0 amide bonds. The van der Waals surface area contributed by atoms with Crippen molar-refractivity contribution in [3.63, 3.8) is 0 Å². The van der Waals surface area contributed by atoms with E-state index in [0.29, 0.717) is 0 Å². The van der Waals surface area contributed by atoms with E-state index >= 15 is 0 Å². The van der Waals surface area contributed by atoms with E-state index < -0.39 is 0 Å². The van der Waals surface area contributed by atoms with Gasteiger partial charge in [-0.1, -0.05) is 23.8 Å². The van der Waals surface area contributed by atoms with E-state index in [1.54, 1.807) is 11.8 Å². The smallest absolute Gasteiger partial charge is 0.0643 e. The van der Waals surface area contributed by atoms with Crippen LogP contribution in [0.15, 0.2) is 40.8 Å². The molecule has 0 spiro atoms. The molecular formula is C12H18N2S. The Morgan fingerprint density at radius 1 is 1.33 bits per heavy atom. The summed E-state index contributed by atoms with van der Waals surface area (Å²) in [5, 5.41) is 0. The van der Waals surface area contributed by atoms with E-state index in [-0.39, 0.29) is 6.04 Å². The highest BCUT2D eigenvalue weighted by molar-refractivity contribution is 7.98. The second kappa shape index (κ2) is 5.95. The van der Waals surface area contributed by atoms with Gasteiger partial charge in [0.05, 0.1) is 6.04 Å². The second-order valence-corrected chi connectivity index (χ2v) is 4.54. The molecular weight excluding hydrogens is 204 g/mol. The summed E-state index contributed by atoms with van der Waals surface area (Å²) in [5.41, 5.74) is 5.25. The van der Waals surface area contributed by atoms with Gasteiger partial charge >= 0.3 is 0 Å². The Bertz CT molecular complexity index is 326. The fourth-order valence-corrected chi connectivity index (χ4v) is 1.79. The van der Waals surface area contributed by atoms with Crippen LogP contribution in [0, 0.1) is 0 Å². The third kappa shape index (κ3) is 3.70. The molecule has 0 aromatic heterocycles. The van der Waals surface area contributed by atoms with Crippen LogP contribution < -0.4 is 11.3 Å². The number of allylic oxidation sites excluding steroid dienone is 1. The number of hydrogen-bond acceptors (Lipinski definition) is 3. The SMILES string of the molecule is CSc1ccc(C(C=C(C)C)NN)cc1. The summed E-state index contributed by atoms with van der Waals surface area (Å²) in [6, 6.07) is 8.55. The van der Waals surface area contributed by atoms with Gasteiger partial charge < -0.3 is 0 Å². The lowest BCUT2D eigenvalue weighted by Gasteiger charge is -2.13. The minimum atomic E-state index is 0.103. The molecule has 0 radical (unpaired) electrons. The van der Waals surface area contributed by atoms with Gasteiger partial charge in [0.15, 0.2) is 0 Å². The summed E-state index contributed by atoms with van der Waals surface area (Å²) in [4.78, 5) is 1.27. The molecule has 2 nitrogen and oxygen atoms in total. The summed E-state index contributed by atoms with van der Waals surface area (Å²) < 4.78 is 0. The van der Waals surface area contributed by atoms with Crippen molar-refractivity contribution in [1.82, 2.24) is 5.43 Å². The molecule has 3 heteroatoms. The molecule has 0 fully saturated rings. The zero-order valence-electron chi connectivity index (χ0n) is 9.45. The van der Waals surface area contributed by atoms with E-state index in [0.717, 1.165) is 0 Å². The number of nitrogens with one attached hydrogen (secondary N) is 1. The molecule has 15 heavy (non-hydrogen) atoms. The molecule has 0 saturated carbocycles. The van der Waals surface area contributed by atoms with Gasteiger partial charge in [-0.25, -0.2) is 5.43 Å². The number of rotatable bonds is 4. The fraction of sp³-hybridized carbons (Fsp3) is 0.333. The highest BCUT2D eigenvalue weighted by Gasteiger charge is 2.05. The van der Waals surface area contributed by atoms with Gasteiger partial charge in [-0.05, 0) is 37.8 Å². The molecule has 3 N–H and O–H groups in total. The van der Waals surface area contributed by atoms with Crippen molar-refractivity contribution in [2.45, 2.75) is 24.8 Å². The van der Waals surface area contributed by atoms with Crippen LogP contribution in [0.2, 0.25) is 0 Å². The largest absolute Gasteiger partial charge is 0.271 e. The Morgan fingerprint density at radius 3 is 2.33 bits per heavy atom. The third-order valence-corrected chi connectivity index (χ3v) is 2.90. The molecule has 0 bridgehead atoms. The van der Waals surface area contributed by atoms with Crippen LogP contribution in [0.25, 0.3) is 0 Å². The van der Waals surface area contributed by atoms with Gasteiger partial charge in [0.1, 0.15) is 0 Å². The predicted octanol–water partition coefficient (Wildman–Crippen LogP) is 2.88. The molecule has 1 atom stereocenters. The number of nitrogens with two attached hydrogens (primary N) is 1. The monoisotopic (exact) mass is 222 g/mol. The molecule has 0 heterocycles. The highest BCUT2D eigenvalue weighted by atomic mass is 32.2. The number of hydrazine groups is 1. The first-order valence-electron chi connectivity index (χ1n) is 4.92. The molecule has 1 aromatic rings. The van der Waals surface area contributed by atoms with Gasteiger partial charge in [-0.2, -0.15) is 0 Å². The van der Waals surface area contributed by atoms with Crippen LogP contribution >= 0.6 is 11.8 Å². The summed E-state index contributed by atoms with van der Waals surface area (Å²) in [6.07, 6.45) is 4.19. The van der Waals surface area contributed by atoms with Crippen molar-refractivity contribution >= 4 is 11.8 Å². The lowest BCUT2D eigenvalue weighted by Crippen LogP contribution is -2.26. The predicted molar refractivity (Wildman–Crippen MR) is 67.7 cm³/mol. The average molecular weight is 222 g/mol. The van der Waals surface area contributed by atoms with Crippen LogP contribution in [-0.4, -0.2) is 6.26 Å². The van der Waals surface area contributed by atoms with E-state index in [4.69, 9.17) is 5.84 Å². The number of benzene rings is 1. The molecule has 0 saturated heterocycles. The molecule has 1 aromatic carbocycles. The maximum Gasteiger partial charge on any atom is 0.0643 e. The van der Waals surface area contributed by atoms with Crippen LogP contribution in [-0.2, 0) is 0 Å². The van der Waals surface area contributed by atoms with Crippen molar-refractivity contribution in [3.05, 3.63) is 41.5 Å².